The first-order chi connectivity index (χ1) is 13.2. The van der Waals surface area contributed by atoms with Crippen molar-refractivity contribution < 1.29 is 0 Å². The Morgan fingerprint density at radius 1 is 1.11 bits per heavy atom. The molecule has 2 aromatic heterocycles. The van der Waals surface area contributed by atoms with E-state index in [4.69, 9.17) is 9.98 Å². The van der Waals surface area contributed by atoms with Crippen molar-refractivity contribution in [2.45, 2.75) is 33.7 Å². The third-order valence-corrected chi connectivity index (χ3v) is 5.99. The molecule has 0 aliphatic heterocycles. The minimum atomic E-state index is 0. The van der Waals surface area contributed by atoms with Gasteiger partial charge in [0, 0.05) is 35.3 Å². The number of aryl methyl sites for hydroxylation is 2. The van der Waals surface area contributed by atoms with Gasteiger partial charge in [-0.25, -0.2) is 15.0 Å². The number of hydrogen-bond donors (Lipinski definition) is 2. The van der Waals surface area contributed by atoms with Gasteiger partial charge >= 0.3 is 0 Å². The highest BCUT2D eigenvalue weighted by Crippen LogP contribution is 2.28. The molecule has 28 heavy (non-hydrogen) atoms. The largest absolute Gasteiger partial charge is 0.357 e. The van der Waals surface area contributed by atoms with Crippen molar-refractivity contribution in [3.63, 3.8) is 0 Å². The van der Waals surface area contributed by atoms with Crippen LogP contribution in [0.25, 0.3) is 10.6 Å². The molecule has 0 aliphatic rings. The van der Waals surface area contributed by atoms with E-state index in [0.29, 0.717) is 6.54 Å². The fourth-order valence-electron chi connectivity index (χ4n) is 2.60. The van der Waals surface area contributed by atoms with Crippen molar-refractivity contribution in [3.8, 4) is 10.6 Å². The van der Waals surface area contributed by atoms with E-state index in [1.807, 2.05) is 25.1 Å². The van der Waals surface area contributed by atoms with Gasteiger partial charge in [-0.05, 0) is 20.8 Å². The average molecular weight is 528 g/mol. The lowest BCUT2D eigenvalue weighted by molar-refractivity contribution is 0.790. The molecule has 0 spiro atoms. The average Bonchev–Trinajstić information content (AvgIpc) is 3.26. The van der Waals surface area contributed by atoms with E-state index in [1.54, 1.807) is 22.7 Å². The summed E-state index contributed by atoms with van der Waals surface area (Å²) in [4.78, 5) is 15.1. The summed E-state index contributed by atoms with van der Waals surface area (Å²) in [5, 5.41) is 11.0. The van der Waals surface area contributed by atoms with E-state index in [1.165, 1.54) is 4.88 Å². The van der Waals surface area contributed by atoms with Gasteiger partial charge in [-0.2, -0.15) is 0 Å². The molecule has 0 atom stereocenters. The maximum absolute atomic E-state index is 4.73. The molecule has 0 aliphatic carbocycles. The molecular weight excluding hydrogens is 501 g/mol. The van der Waals surface area contributed by atoms with Gasteiger partial charge in [0.2, 0.25) is 0 Å². The predicted octanol–water partition coefficient (Wildman–Crippen LogP) is 4.80. The summed E-state index contributed by atoms with van der Waals surface area (Å²) in [7, 11) is 0. The molecule has 1 aromatic carbocycles. The van der Waals surface area contributed by atoms with E-state index in [0.717, 1.165) is 52.4 Å². The summed E-state index contributed by atoms with van der Waals surface area (Å²) in [6.45, 7) is 8.44. The van der Waals surface area contributed by atoms with Crippen molar-refractivity contribution in [2.75, 3.05) is 13.1 Å². The number of nitrogens with one attached hydrogen (secondary N) is 2. The fourth-order valence-corrected chi connectivity index (χ4v) is 4.24. The molecule has 2 heterocycles. The number of benzene rings is 1. The van der Waals surface area contributed by atoms with Crippen molar-refractivity contribution in [1.29, 1.82) is 0 Å². The van der Waals surface area contributed by atoms with Crippen molar-refractivity contribution in [1.82, 2.24) is 20.6 Å². The van der Waals surface area contributed by atoms with Crippen molar-refractivity contribution in [3.05, 3.63) is 57.0 Å². The van der Waals surface area contributed by atoms with Gasteiger partial charge in [0.1, 0.15) is 5.01 Å². The van der Waals surface area contributed by atoms with Crippen LogP contribution in [0.15, 0.2) is 40.7 Å². The van der Waals surface area contributed by atoms with Crippen LogP contribution >= 0.6 is 46.7 Å². The van der Waals surface area contributed by atoms with E-state index in [2.05, 4.69) is 47.0 Å². The smallest absolute Gasteiger partial charge is 0.191 e. The summed E-state index contributed by atoms with van der Waals surface area (Å²) in [5.41, 5.74) is 3.34. The Kier molecular flexibility index (Phi) is 9.33. The Labute approximate surface area is 191 Å². The van der Waals surface area contributed by atoms with Crippen LogP contribution in [0.5, 0.6) is 0 Å². The molecule has 0 fully saturated rings. The lowest BCUT2D eigenvalue weighted by atomic mass is 10.2. The van der Waals surface area contributed by atoms with Crippen LogP contribution in [-0.2, 0) is 13.0 Å². The van der Waals surface area contributed by atoms with E-state index >= 15 is 0 Å². The zero-order valence-corrected chi connectivity index (χ0v) is 20.3. The van der Waals surface area contributed by atoms with Crippen LogP contribution in [0.3, 0.4) is 0 Å². The molecule has 0 unspecified atom stereocenters. The van der Waals surface area contributed by atoms with Crippen LogP contribution in [0, 0.1) is 13.8 Å². The second kappa shape index (κ2) is 11.5. The van der Waals surface area contributed by atoms with Crippen molar-refractivity contribution >= 4 is 52.6 Å². The topological polar surface area (TPSA) is 62.2 Å². The number of thiazole rings is 2. The molecule has 3 aromatic rings. The van der Waals surface area contributed by atoms with Crippen LogP contribution in [-0.4, -0.2) is 29.0 Å². The minimum Gasteiger partial charge on any atom is -0.357 e. The molecule has 0 amide bonds. The second-order valence-corrected chi connectivity index (χ2v) is 8.27. The third kappa shape index (κ3) is 6.52. The number of guanidine groups is 1. The van der Waals surface area contributed by atoms with Gasteiger partial charge in [0.15, 0.2) is 5.96 Å². The second-order valence-electron chi connectivity index (χ2n) is 6.12. The molecular formula is C20H26IN5S2. The Balaban J connectivity index is 0.00000280. The molecule has 150 valence electrons. The summed E-state index contributed by atoms with van der Waals surface area (Å²) in [6, 6.07) is 10.3. The zero-order valence-electron chi connectivity index (χ0n) is 16.4. The first kappa shape index (κ1) is 22.8. The lowest BCUT2D eigenvalue weighted by Gasteiger charge is -2.10. The van der Waals surface area contributed by atoms with Gasteiger partial charge in [-0.3, -0.25) is 0 Å². The zero-order chi connectivity index (χ0) is 19.1. The quantitative estimate of drug-likeness (QED) is 0.263. The fraction of sp³-hybridized carbons (Fsp3) is 0.350. The summed E-state index contributed by atoms with van der Waals surface area (Å²) >= 11 is 3.41. The first-order valence-corrected chi connectivity index (χ1v) is 10.8. The highest BCUT2D eigenvalue weighted by molar-refractivity contribution is 14.0. The Hall–Kier alpha value is -1.52. The van der Waals surface area contributed by atoms with Gasteiger partial charge in [0.25, 0.3) is 0 Å². The van der Waals surface area contributed by atoms with Crippen LogP contribution in [0.1, 0.15) is 28.2 Å². The van der Waals surface area contributed by atoms with E-state index in [9.17, 15) is 0 Å². The minimum absolute atomic E-state index is 0. The molecule has 3 rings (SSSR count). The molecule has 5 nitrogen and oxygen atoms in total. The molecule has 0 saturated carbocycles. The van der Waals surface area contributed by atoms with Gasteiger partial charge in [-0.1, -0.05) is 30.3 Å². The SMILES string of the molecule is CCNC(=NCc1sc(-c2ccccc2)nc1C)NCCc1csc(C)n1.I. The normalized spacial score (nSPS) is 11.2. The maximum Gasteiger partial charge on any atom is 0.191 e. The molecule has 8 heteroatoms. The number of aromatic nitrogens is 2. The van der Waals surface area contributed by atoms with Gasteiger partial charge in [-0.15, -0.1) is 46.7 Å². The third-order valence-electron chi connectivity index (χ3n) is 3.98. The maximum atomic E-state index is 4.73. The van der Waals surface area contributed by atoms with Crippen LogP contribution in [0.2, 0.25) is 0 Å². The molecule has 0 radical (unpaired) electrons. The molecule has 0 bridgehead atoms. The molecule has 2 N–H and O–H groups in total. The number of nitrogens with zero attached hydrogens (tertiary/aromatic N) is 3. The van der Waals surface area contributed by atoms with Gasteiger partial charge in [0.05, 0.1) is 22.9 Å². The highest BCUT2D eigenvalue weighted by atomic mass is 127. The number of hydrogen-bond acceptors (Lipinski definition) is 5. The Morgan fingerprint density at radius 2 is 1.89 bits per heavy atom. The highest BCUT2D eigenvalue weighted by Gasteiger charge is 2.09. The lowest BCUT2D eigenvalue weighted by Crippen LogP contribution is -2.38. The number of halogens is 1. The molecule has 0 saturated heterocycles. The first-order valence-electron chi connectivity index (χ1n) is 9.10. The monoisotopic (exact) mass is 527 g/mol. The van der Waals surface area contributed by atoms with Crippen LogP contribution < -0.4 is 10.6 Å². The Morgan fingerprint density at radius 3 is 2.57 bits per heavy atom. The predicted molar refractivity (Wildman–Crippen MR) is 131 cm³/mol. The van der Waals surface area contributed by atoms with Crippen LogP contribution in [0.4, 0.5) is 0 Å². The summed E-state index contributed by atoms with van der Waals surface area (Å²) in [6.07, 6.45) is 0.895. The summed E-state index contributed by atoms with van der Waals surface area (Å²) < 4.78 is 0. The number of rotatable bonds is 7. The number of aliphatic imine (C=N–C) groups is 1. The standard InChI is InChI=1S/C20H25N5S2.HI/c1-4-21-20(22-11-10-17-13-26-15(3)25-17)23-12-18-14(2)24-19(27-18)16-8-6-5-7-9-16;/h5-9,13H,4,10-12H2,1-3H3,(H2,21,22,23);1H. The van der Waals surface area contributed by atoms with Gasteiger partial charge < -0.3 is 10.6 Å². The summed E-state index contributed by atoms with van der Waals surface area (Å²) in [5.74, 6) is 0.832. The van der Waals surface area contributed by atoms with E-state index < -0.39 is 0 Å². The van der Waals surface area contributed by atoms with E-state index in [-0.39, 0.29) is 24.0 Å². The Bertz CT molecular complexity index is 889. The van der Waals surface area contributed by atoms with Crippen molar-refractivity contribution in [2.24, 2.45) is 4.99 Å².